The second-order valence-electron chi connectivity index (χ2n) is 4.10. The van der Waals surface area contributed by atoms with Crippen LogP contribution in [0.3, 0.4) is 0 Å². The van der Waals surface area contributed by atoms with Crippen LogP contribution in [-0.2, 0) is 0 Å². The van der Waals surface area contributed by atoms with Gasteiger partial charge in [-0.15, -0.1) is 0 Å². The highest BCUT2D eigenvalue weighted by Crippen LogP contribution is 2.34. The first-order valence-corrected chi connectivity index (χ1v) is 6.74. The van der Waals surface area contributed by atoms with Crippen molar-refractivity contribution in [2.45, 2.75) is 37.4 Å². The van der Waals surface area contributed by atoms with E-state index in [9.17, 15) is 0 Å². The Hall–Kier alpha value is -0.480. The Morgan fingerprint density at radius 3 is 3.13 bits per heavy atom. The Bertz CT molecular complexity index is 269. The van der Waals surface area contributed by atoms with Gasteiger partial charge in [-0.2, -0.15) is 0 Å². The van der Waals surface area contributed by atoms with E-state index in [0.717, 1.165) is 23.4 Å². The van der Waals surface area contributed by atoms with E-state index in [1.165, 1.54) is 19.3 Å². The standard InChI is InChI=1S/C11H19N3S/c1-2-5-12-10(9-3-4-9)8-15-11-13-6-7-14-11/h6-7,9-10,12H,2-5,8H2,1H3,(H,13,14). The average molecular weight is 225 g/mol. The molecule has 84 valence electrons. The summed E-state index contributed by atoms with van der Waals surface area (Å²) in [5.74, 6) is 2.05. The average Bonchev–Trinajstić information content (AvgIpc) is 2.95. The molecular formula is C11H19N3S. The molecule has 1 unspecified atom stereocenters. The number of imidazole rings is 1. The highest BCUT2D eigenvalue weighted by Gasteiger charge is 2.30. The number of aromatic nitrogens is 2. The first-order valence-electron chi connectivity index (χ1n) is 5.75. The third-order valence-electron chi connectivity index (χ3n) is 2.72. The molecule has 1 atom stereocenters. The predicted molar refractivity (Wildman–Crippen MR) is 64.1 cm³/mol. The first kappa shape index (κ1) is 11.0. The van der Waals surface area contributed by atoms with E-state index in [1.54, 1.807) is 0 Å². The molecule has 1 aliphatic carbocycles. The molecule has 0 amide bonds. The van der Waals surface area contributed by atoms with Crippen molar-refractivity contribution in [3.63, 3.8) is 0 Å². The fourth-order valence-electron chi connectivity index (χ4n) is 1.69. The minimum absolute atomic E-state index is 0.681. The zero-order valence-corrected chi connectivity index (χ0v) is 10.0. The molecule has 2 rings (SSSR count). The lowest BCUT2D eigenvalue weighted by molar-refractivity contribution is 0.503. The SMILES string of the molecule is CCCNC(CSc1ncc[nH]1)C1CC1. The fourth-order valence-corrected chi connectivity index (χ4v) is 2.70. The van der Waals surface area contributed by atoms with Gasteiger partial charge in [0.25, 0.3) is 0 Å². The van der Waals surface area contributed by atoms with E-state index in [-0.39, 0.29) is 0 Å². The summed E-state index contributed by atoms with van der Waals surface area (Å²) in [6, 6.07) is 0.681. The number of hydrogen-bond donors (Lipinski definition) is 2. The Morgan fingerprint density at radius 2 is 2.53 bits per heavy atom. The fraction of sp³-hybridized carbons (Fsp3) is 0.727. The number of aromatic amines is 1. The van der Waals surface area contributed by atoms with Gasteiger partial charge in [0, 0.05) is 24.2 Å². The van der Waals surface area contributed by atoms with Gasteiger partial charge in [-0.1, -0.05) is 18.7 Å². The molecule has 0 aliphatic heterocycles. The molecule has 4 heteroatoms. The Balaban J connectivity index is 1.74. The van der Waals surface area contributed by atoms with E-state index in [4.69, 9.17) is 0 Å². The van der Waals surface area contributed by atoms with E-state index < -0.39 is 0 Å². The van der Waals surface area contributed by atoms with Crippen molar-refractivity contribution in [1.82, 2.24) is 15.3 Å². The van der Waals surface area contributed by atoms with E-state index in [2.05, 4.69) is 22.2 Å². The van der Waals surface area contributed by atoms with E-state index >= 15 is 0 Å². The summed E-state index contributed by atoms with van der Waals surface area (Å²) >= 11 is 1.82. The van der Waals surface area contributed by atoms with E-state index in [1.807, 2.05) is 24.2 Å². The van der Waals surface area contributed by atoms with Gasteiger partial charge >= 0.3 is 0 Å². The van der Waals surface area contributed by atoms with Crippen LogP contribution in [0.15, 0.2) is 17.6 Å². The van der Waals surface area contributed by atoms with Crippen LogP contribution in [0.2, 0.25) is 0 Å². The minimum Gasteiger partial charge on any atom is -0.340 e. The van der Waals surface area contributed by atoms with E-state index in [0.29, 0.717) is 6.04 Å². The minimum atomic E-state index is 0.681. The Labute approximate surface area is 95.4 Å². The van der Waals surface area contributed by atoms with Gasteiger partial charge in [0.05, 0.1) is 0 Å². The molecule has 2 N–H and O–H groups in total. The van der Waals surface area contributed by atoms with Crippen LogP contribution >= 0.6 is 11.8 Å². The third-order valence-corrected chi connectivity index (χ3v) is 3.74. The van der Waals surface area contributed by atoms with Crippen molar-refractivity contribution in [1.29, 1.82) is 0 Å². The van der Waals surface area contributed by atoms with Crippen LogP contribution in [0.4, 0.5) is 0 Å². The van der Waals surface area contributed by atoms with Crippen molar-refractivity contribution in [2.24, 2.45) is 5.92 Å². The van der Waals surface area contributed by atoms with Gasteiger partial charge in [-0.25, -0.2) is 4.98 Å². The molecule has 0 radical (unpaired) electrons. The lowest BCUT2D eigenvalue weighted by atomic mass is 10.2. The topological polar surface area (TPSA) is 40.7 Å². The van der Waals surface area contributed by atoms with Crippen LogP contribution in [0, 0.1) is 5.92 Å². The maximum Gasteiger partial charge on any atom is 0.165 e. The largest absolute Gasteiger partial charge is 0.340 e. The molecule has 0 aromatic carbocycles. The van der Waals surface area contributed by atoms with Crippen LogP contribution in [0.1, 0.15) is 26.2 Å². The molecule has 1 aromatic rings. The quantitative estimate of drug-likeness (QED) is 0.699. The van der Waals surface area contributed by atoms with Crippen molar-refractivity contribution >= 4 is 11.8 Å². The second-order valence-corrected chi connectivity index (χ2v) is 5.11. The summed E-state index contributed by atoms with van der Waals surface area (Å²) in [7, 11) is 0. The highest BCUT2D eigenvalue weighted by molar-refractivity contribution is 7.99. The molecule has 1 aromatic heterocycles. The van der Waals surface area contributed by atoms with Crippen LogP contribution in [0.5, 0.6) is 0 Å². The summed E-state index contributed by atoms with van der Waals surface area (Å²) in [4.78, 5) is 7.36. The number of thioether (sulfide) groups is 1. The van der Waals surface area contributed by atoms with Gasteiger partial charge in [0.2, 0.25) is 0 Å². The number of H-pyrrole nitrogens is 1. The lowest BCUT2D eigenvalue weighted by Crippen LogP contribution is -2.33. The van der Waals surface area contributed by atoms with Crippen molar-refractivity contribution in [3.8, 4) is 0 Å². The summed E-state index contributed by atoms with van der Waals surface area (Å²) < 4.78 is 0. The molecular weight excluding hydrogens is 206 g/mol. The summed E-state index contributed by atoms with van der Waals surface area (Å²) in [5.41, 5.74) is 0. The zero-order valence-electron chi connectivity index (χ0n) is 9.20. The summed E-state index contributed by atoms with van der Waals surface area (Å²) in [6.07, 6.45) is 7.72. The molecule has 1 saturated carbocycles. The molecule has 15 heavy (non-hydrogen) atoms. The molecule has 1 fully saturated rings. The number of nitrogens with zero attached hydrogens (tertiary/aromatic N) is 1. The molecule has 3 nitrogen and oxygen atoms in total. The first-order chi connectivity index (χ1) is 7.40. The van der Waals surface area contributed by atoms with Crippen molar-refractivity contribution in [3.05, 3.63) is 12.4 Å². The number of hydrogen-bond acceptors (Lipinski definition) is 3. The smallest absolute Gasteiger partial charge is 0.165 e. The van der Waals surface area contributed by atoms with Gasteiger partial charge in [0.1, 0.15) is 0 Å². The predicted octanol–water partition coefficient (Wildman–Crippen LogP) is 2.28. The third kappa shape index (κ3) is 3.54. The highest BCUT2D eigenvalue weighted by atomic mass is 32.2. The molecule has 1 aliphatic rings. The maximum atomic E-state index is 4.23. The van der Waals surface area contributed by atoms with Gasteiger partial charge in [0.15, 0.2) is 5.16 Å². The summed E-state index contributed by atoms with van der Waals surface area (Å²) in [5, 5.41) is 4.67. The van der Waals surface area contributed by atoms with Crippen LogP contribution in [-0.4, -0.2) is 28.3 Å². The van der Waals surface area contributed by atoms with Crippen LogP contribution in [0.25, 0.3) is 0 Å². The zero-order chi connectivity index (χ0) is 10.5. The lowest BCUT2D eigenvalue weighted by Gasteiger charge is -2.16. The molecule has 1 heterocycles. The summed E-state index contributed by atoms with van der Waals surface area (Å²) in [6.45, 7) is 3.36. The molecule has 0 saturated heterocycles. The van der Waals surface area contributed by atoms with Gasteiger partial charge < -0.3 is 10.3 Å². The van der Waals surface area contributed by atoms with Crippen molar-refractivity contribution < 1.29 is 0 Å². The molecule has 0 spiro atoms. The Morgan fingerprint density at radius 1 is 1.67 bits per heavy atom. The number of nitrogens with one attached hydrogen (secondary N) is 2. The van der Waals surface area contributed by atoms with Crippen LogP contribution < -0.4 is 5.32 Å². The molecule has 0 bridgehead atoms. The maximum absolute atomic E-state index is 4.23. The van der Waals surface area contributed by atoms with Gasteiger partial charge in [-0.3, -0.25) is 0 Å². The monoisotopic (exact) mass is 225 g/mol. The normalized spacial score (nSPS) is 17.9. The Kier molecular flexibility index (Phi) is 4.09. The second kappa shape index (κ2) is 5.56. The number of rotatable bonds is 7. The van der Waals surface area contributed by atoms with Crippen molar-refractivity contribution in [2.75, 3.05) is 12.3 Å². The van der Waals surface area contributed by atoms with Gasteiger partial charge in [-0.05, 0) is 31.7 Å².